The summed E-state index contributed by atoms with van der Waals surface area (Å²) in [7, 11) is -1.49. The molecule has 6 nitrogen and oxygen atoms in total. The van der Waals surface area contributed by atoms with Crippen LogP contribution in [0, 0.1) is 11.6 Å². The molecule has 1 aromatic carbocycles. The molecule has 2 rings (SSSR count). The van der Waals surface area contributed by atoms with Crippen LogP contribution in [0.25, 0.3) is 0 Å². The minimum absolute atomic E-state index is 0.0460. The Bertz CT molecular complexity index is 640. The Labute approximate surface area is 131 Å². The molecule has 2 N–H and O–H groups in total. The van der Waals surface area contributed by atoms with E-state index in [1.54, 1.807) is 13.8 Å². The summed E-state index contributed by atoms with van der Waals surface area (Å²) in [6, 6.07) is 0.670. The SMILES string of the molecule is CCOC(=O)c1cc(F)c(F)c2c1OB(O)C(NC(=O)CC)C2. The van der Waals surface area contributed by atoms with Crippen molar-refractivity contribution in [2.75, 3.05) is 6.61 Å². The second-order valence-corrected chi connectivity index (χ2v) is 4.99. The van der Waals surface area contributed by atoms with Gasteiger partial charge in [0.15, 0.2) is 11.6 Å². The molecule has 1 aliphatic heterocycles. The van der Waals surface area contributed by atoms with E-state index in [1.807, 2.05) is 0 Å². The highest BCUT2D eigenvalue weighted by atomic mass is 19.2. The van der Waals surface area contributed by atoms with Gasteiger partial charge in [0.1, 0.15) is 11.3 Å². The van der Waals surface area contributed by atoms with Gasteiger partial charge in [-0.3, -0.25) is 4.79 Å². The fraction of sp³-hybridized carbons (Fsp3) is 0.429. The fourth-order valence-corrected chi connectivity index (χ4v) is 2.29. The molecule has 1 heterocycles. The van der Waals surface area contributed by atoms with Gasteiger partial charge in [-0.1, -0.05) is 6.92 Å². The van der Waals surface area contributed by atoms with E-state index in [4.69, 9.17) is 9.39 Å². The standard InChI is InChI=1S/C14H16BF2NO5/c1-3-11(19)18-10-6-7-12(17)9(16)5-8(14(20)22-4-2)13(7)23-15(10)21/h5,10,21H,3-4,6H2,1-2H3,(H,18,19). The maximum absolute atomic E-state index is 14.0. The number of carbonyl (C=O) groups is 2. The van der Waals surface area contributed by atoms with E-state index in [0.29, 0.717) is 6.07 Å². The van der Waals surface area contributed by atoms with E-state index in [2.05, 4.69) is 5.32 Å². The van der Waals surface area contributed by atoms with Gasteiger partial charge < -0.3 is 19.7 Å². The van der Waals surface area contributed by atoms with Crippen LogP contribution in [0.3, 0.4) is 0 Å². The number of esters is 1. The lowest BCUT2D eigenvalue weighted by molar-refractivity contribution is -0.121. The lowest BCUT2D eigenvalue weighted by Gasteiger charge is -2.29. The third kappa shape index (κ3) is 3.44. The molecular formula is C14H16BF2NO5. The van der Waals surface area contributed by atoms with Crippen molar-refractivity contribution in [3.63, 3.8) is 0 Å². The highest BCUT2D eigenvalue weighted by molar-refractivity contribution is 6.47. The molecule has 0 saturated carbocycles. The second-order valence-electron chi connectivity index (χ2n) is 4.99. The lowest BCUT2D eigenvalue weighted by Crippen LogP contribution is -2.53. The molecule has 0 radical (unpaired) electrons. The van der Waals surface area contributed by atoms with E-state index >= 15 is 0 Å². The molecule has 1 aliphatic rings. The van der Waals surface area contributed by atoms with Gasteiger partial charge in [-0.05, 0) is 19.4 Å². The summed E-state index contributed by atoms with van der Waals surface area (Å²) in [5.41, 5.74) is -0.528. The normalized spacial score (nSPS) is 16.4. The van der Waals surface area contributed by atoms with Crippen LogP contribution >= 0.6 is 0 Å². The molecule has 0 saturated heterocycles. The van der Waals surface area contributed by atoms with Crippen LogP contribution in [-0.2, 0) is 16.0 Å². The van der Waals surface area contributed by atoms with Crippen LogP contribution in [0.2, 0.25) is 0 Å². The van der Waals surface area contributed by atoms with Gasteiger partial charge in [0.2, 0.25) is 5.91 Å². The van der Waals surface area contributed by atoms with Crippen molar-refractivity contribution in [1.82, 2.24) is 5.32 Å². The second kappa shape index (κ2) is 6.95. The van der Waals surface area contributed by atoms with E-state index < -0.39 is 30.7 Å². The van der Waals surface area contributed by atoms with Gasteiger partial charge >= 0.3 is 13.1 Å². The zero-order chi connectivity index (χ0) is 17.1. The van der Waals surface area contributed by atoms with E-state index in [-0.39, 0.29) is 42.2 Å². The number of halogens is 2. The maximum Gasteiger partial charge on any atom is 0.547 e. The Hall–Kier alpha value is -2.16. The first-order valence-electron chi connectivity index (χ1n) is 7.21. The van der Waals surface area contributed by atoms with Gasteiger partial charge in [-0.2, -0.15) is 0 Å². The number of fused-ring (bicyclic) bond motifs is 1. The van der Waals surface area contributed by atoms with Crippen LogP contribution in [-0.4, -0.2) is 36.6 Å². The number of amides is 1. The fourth-order valence-electron chi connectivity index (χ4n) is 2.29. The molecule has 0 fully saturated rings. The van der Waals surface area contributed by atoms with Gasteiger partial charge in [0.25, 0.3) is 0 Å². The molecule has 0 spiro atoms. The lowest BCUT2D eigenvalue weighted by atomic mass is 9.72. The van der Waals surface area contributed by atoms with Crippen LogP contribution < -0.4 is 9.97 Å². The first-order chi connectivity index (χ1) is 10.9. The predicted molar refractivity (Wildman–Crippen MR) is 76.8 cm³/mol. The molecule has 23 heavy (non-hydrogen) atoms. The molecule has 1 amide bonds. The van der Waals surface area contributed by atoms with Crippen LogP contribution in [0.15, 0.2) is 6.07 Å². The number of hydrogen-bond donors (Lipinski definition) is 2. The summed E-state index contributed by atoms with van der Waals surface area (Å²) in [5, 5.41) is 12.4. The monoisotopic (exact) mass is 327 g/mol. The number of nitrogens with one attached hydrogen (secondary N) is 1. The van der Waals surface area contributed by atoms with Gasteiger partial charge in [-0.15, -0.1) is 0 Å². The van der Waals surface area contributed by atoms with Crippen molar-refractivity contribution in [2.24, 2.45) is 0 Å². The zero-order valence-corrected chi connectivity index (χ0v) is 12.7. The number of ether oxygens (including phenoxy) is 1. The molecule has 1 unspecified atom stereocenters. The number of hydrogen-bond acceptors (Lipinski definition) is 5. The van der Waals surface area contributed by atoms with Gasteiger partial charge in [-0.25, -0.2) is 13.6 Å². The Morgan fingerprint density at radius 1 is 1.48 bits per heavy atom. The molecular weight excluding hydrogens is 311 g/mol. The highest BCUT2D eigenvalue weighted by Gasteiger charge is 2.40. The van der Waals surface area contributed by atoms with Crippen molar-refractivity contribution < 1.29 is 32.8 Å². The molecule has 0 aliphatic carbocycles. The minimum atomic E-state index is -1.49. The van der Waals surface area contributed by atoms with Crippen LogP contribution in [0.5, 0.6) is 5.75 Å². The van der Waals surface area contributed by atoms with Crippen LogP contribution in [0.1, 0.15) is 36.2 Å². The molecule has 0 aromatic heterocycles. The number of rotatable bonds is 4. The Morgan fingerprint density at radius 2 is 2.17 bits per heavy atom. The van der Waals surface area contributed by atoms with Gasteiger partial charge in [0, 0.05) is 12.0 Å². The third-order valence-electron chi connectivity index (χ3n) is 3.43. The molecule has 1 aromatic rings. The van der Waals surface area contributed by atoms with E-state index in [9.17, 15) is 23.4 Å². The van der Waals surface area contributed by atoms with E-state index in [1.165, 1.54) is 0 Å². The van der Waals surface area contributed by atoms with Crippen molar-refractivity contribution in [2.45, 2.75) is 32.6 Å². The summed E-state index contributed by atoms with van der Waals surface area (Å²) in [6.07, 6.45) is -0.0476. The average Bonchev–Trinajstić information content (AvgIpc) is 2.52. The Kier molecular flexibility index (Phi) is 5.20. The molecule has 0 bridgehead atoms. The molecule has 1 atom stereocenters. The first-order valence-corrected chi connectivity index (χ1v) is 7.21. The predicted octanol–water partition coefficient (Wildman–Crippen LogP) is 0.991. The quantitative estimate of drug-likeness (QED) is 0.636. The molecule has 9 heteroatoms. The Balaban J connectivity index is 2.42. The molecule has 124 valence electrons. The van der Waals surface area contributed by atoms with Crippen molar-refractivity contribution in [1.29, 1.82) is 0 Å². The first kappa shape index (κ1) is 17.2. The average molecular weight is 327 g/mol. The summed E-state index contributed by atoms with van der Waals surface area (Å²) < 4.78 is 37.7. The largest absolute Gasteiger partial charge is 0.547 e. The smallest absolute Gasteiger partial charge is 0.534 e. The van der Waals surface area contributed by atoms with Crippen molar-refractivity contribution >= 4 is 19.0 Å². The minimum Gasteiger partial charge on any atom is -0.534 e. The summed E-state index contributed by atoms with van der Waals surface area (Å²) >= 11 is 0. The summed E-state index contributed by atoms with van der Waals surface area (Å²) in [4.78, 5) is 23.3. The van der Waals surface area contributed by atoms with Gasteiger partial charge in [0.05, 0.1) is 12.5 Å². The summed E-state index contributed by atoms with van der Waals surface area (Å²) in [5.74, 6) is -4.88. The highest BCUT2D eigenvalue weighted by Crippen LogP contribution is 2.34. The van der Waals surface area contributed by atoms with Crippen molar-refractivity contribution in [3.8, 4) is 5.75 Å². The maximum atomic E-state index is 14.0. The van der Waals surface area contributed by atoms with E-state index in [0.717, 1.165) is 0 Å². The summed E-state index contributed by atoms with van der Waals surface area (Å²) in [6.45, 7) is 3.22. The number of carbonyl (C=O) groups excluding carboxylic acids is 2. The third-order valence-corrected chi connectivity index (χ3v) is 3.43. The topological polar surface area (TPSA) is 84.9 Å². The van der Waals surface area contributed by atoms with Crippen LogP contribution in [0.4, 0.5) is 8.78 Å². The Morgan fingerprint density at radius 3 is 2.78 bits per heavy atom. The number of benzene rings is 1. The zero-order valence-electron chi connectivity index (χ0n) is 12.7. The van der Waals surface area contributed by atoms with Crippen molar-refractivity contribution in [3.05, 3.63) is 28.8 Å².